The highest BCUT2D eigenvalue weighted by Crippen LogP contribution is 2.31. The molecule has 1 heterocycles. The van der Waals surface area contributed by atoms with Gasteiger partial charge in [-0.1, -0.05) is 0 Å². The summed E-state index contributed by atoms with van der Waals surface area (Å²) >= 11 is 0. The van der Waals surface area contributed by atoms with Crippen molar-refractivity contribution in [3.05, 3.63) is 0 Å². The zero-order valence-corrected chi connectivity index (χ0v) is 7.06. The minimum Gasteiger partial charge on any atom is -0.390 e. The fourth-order valence-electron chi connectivity index (χ4n) is 1.61. The van der Waals surface area contributed by atoms with Crippen LogP contribution < -0.4 is 5.32 Å². The molecule has 0 bridgehead atoms. The van der Waals surface area contributed by atoms with Gasteiger partial charge in [-0.3, -0.25) is 0 Å². The van der Waals surface area contributed by atoms with Crippen LogP contribution in [0.2, 0.25) is 0 Å². The van der Waals surface area contributed by atoms with Gasteiger partial charge in [0.2, 0.25) is 0 Å². The first-order chi connectivity index (χ1) is 6.04. The number of aliphatic hydroxyl groups excluding tert-OH is 1. The van der Waals surface area contributed by atoms with Crippen LogP contribution in [0.25, 0.3) is 0 Å². The van der Waals surface area contributed by atoms with Gasteiger partial charge in [0.25, 0.3) is 0 Å². The Morgan fingerprint density at radius 3 is 2.54 bits per heavy atom. The van der Waals surface area contributed by atoms with Crippen molar-refractivity contribution in [2.45, 2.75) is 37.1 Å². The van der Waals surface area contributed by atoms with Crippen LogP contribution in [-0.2, 0) is 9.78 Å². The molecule has 0 aromatic heterocycles. The Kier molecular flexibility index (Phi) is 2.06. The lowest BCUT2D eigenvalue weighted by atomic mass is 10.0. The molecule has 13 heavy (non-hydrogen) atoms. The van der Waals surface area contributed by atoms with Gasteiger partial charge in [-0.05, 0) is 19.3 Å². The van der Waals surface area contributed by atoms with Gasteiger partial charge >= 0.3 is 6.10 Å². The first-order valence-electron chi connectivity index (χ1n) is 4.29. The quantitative estimate of drug-likeness (QED) is 0.244. The van der Waals surface area contributed by atoms with Crippen LogP contribution in [0, 0.1) is 0 Å². The average Bonchev–Trinajstić information content (AvgIpc) is 2.73. The van der Waals surface area contributed by atoms with E-state index in [1.54, 1.807) is 0 Å². The van der Waals surface area contributed by atoms with E-state index in [-0.39, 0.29) is 6.54 Å². The highest BCUT2D eigenvalue weighted by atomic mass is 17.5. The molecule has 76 valence electrons. The second-order valence-corrected chi connectivity index (χ2v) is 3.61. The molecule has 0 radical (unpaired) electrons. The maximum Gasteiger partial charge on any atom is 0.402 e. The van der Waals surface area contributed by atoms with Gasteiger partial charge in [0, 0.05) is 6.54 Å². The van der Waals surface area contributed by atoms with Crippen LogP contribution in [0.1, 0.15) is 19.3 Å². The largest absolute Gasteiger partial charge is 0.402 e. The highest BCUT2D eigenvalue weighted by Gasteiger charge is 2.50. The van der Waals surface area contributed by atoms with Gasteiger partial charge in [0.15, 0.2) is 0 Å². The third-order valence-electron chi connectivity index (χ3n) is 2.57. The van der Waals surface area contributed by atoms with E-state index in [1.807, 2.05) is 0 Å². The topological polar surface area (TPSA) is 97.8 Å². The summed E-state index contributed by atoms with van der Waals surface area (Å²) < 4.78 is 0. The number of hydrogen-bond donors (Lipinski definition) is 4. The molecule has 1 aliphatic carbocycles. The first-order valence-corrected chi connectivity index (χ1v) is 4.29. The molecule has 0 spiro atoms. The summed E-state index contributed by atoms with van der Waals surface area (Å²) in [5.74, 6) is 0. The van der Waals surface area contributed by atoms with Crippen molar-refractivity contribution in [1.82, 2.24) is 5.32 Å². The zero-order chi connectivity index (χ0) is 9.53. The summed E-state index contributed by atoms with van der Waals surface area (Å²) in [7, 11) is 0. The van der Waals surface area contributed by atoms with Crippen molar-refractivity contribution in [2.75, 3.05) is 6.54 Å². The summed E-state index contributed by atoms with van der Waals surface area (Å²) in [6, 6.07) is 0. The molecule has 0 amide bonds. The lowest BCUT2D eigenvalue weighted by Crippen LogP contribution is -2.50. The molecular weight excluding hydrogens is 178 g/mol. The van der Waals surface area contributed by atoms with E-state index < -0.39 is 17.8 Å². The van der Waals surface area contributed by atoms with Crippen LogP contribution in [0.15, 0.2) is 0 Å². The molecule has 2 unspecified atom stereocenters. The molecule has 2 atom stereocenters. The minimum atomic E-state index is -1.75. The Labute approximate surface area is 75.0 Å². The predicted molar refractivity (Wildman–Crippen MR) is 39.9 cm³/mol. The second kappa shape index (κ2) is 2.88. The average molecular weight is 191 g/mol. The Balaban J connectivity index is 1.85. The lowest BCUT2D eigenvalue weighted by Gasteiger charge is -2.26. The summed E-state index contributed by atoms with van der Waals surface area (Å²) in [5, 5.41) is 30.7. The normalized spacial score (nSPS) is 42.2. The van der Waals surface area contributed by atoms with E-state index in [0.29, 0.717) is 12.8 Å². The lowest BCUT2D eigenvalue weighted by molar-refractivity contribution is -0.0792. The Hall–Kier alpha value is -0.240. The molecular formula is C7H13NO5. The minimum absolute atomic E-state index is 0.0463. The monoisotopic (exact) mass is 191 g/mol. The van der Waals surface area contributed by atoms with E-state index in [9.17, 15) is 10.2 Å². The Morgan fingerprint density at radius 2 is 2.08 bits per heavy atom. The summed E-state index contributed by atoms with van der Waals surface area (Å²) in [4.78, 5) is 8.38. The molecule has 6 heteroatoms. The van der Waals surface area contributed by atoms with E-state index in [0.717, 1.165) is 6.42 Å². The smallest absolute Gasteiger partial charge is 0.390 e. The molecule has 0 aromatic carbocycles. The van der Waals surface area contributed by atoms with Crippen molar-refractivity contribution in [2.24, 2.45) is 0 Å². The van der Waals surface area contributed by atoms with Crippen LogP contribution in [-0.4, -0.2) is 39.7 Å². The van der Waals surface area contributed by atoms with Gasteiger partial charge in [-0.15, -0.1) is 9.78 Å². The van der Waals surface area contributed by atoms with Crippen LogP contribution in [0.4, 0.5) is 0 Å². The summed E-state index contributed by atoms with van der Waals surface area (Å²) in [5.41, 5.74) is -1.18. The number of hydrogen-bond acceptors (Lipinski definition) is 6. The summed E-state index contributed by atoms with van der Waals surface area (Å²) in [6.45, 7) is 0.0463. The van der Waals surface area contributed by atoms with Crippen LogP contribution in [0.5, 0.6) is 0 Å². The standard InChI is InChI=1S/C7H13NO5/c9-5-2-1-3-6(5,10)4-8-7(11)12-13-7/h5,8-11H,1-4H2. The van der Waals surface area contributed by atoms with Crippen molar-refractivity contribution < 1.29 is 25.1 Å². The fourth-order valence-corrected chi connectivity index (χ4v) is 1.61. The van der Waals surface area contributed by atoms with Gasteiger partial charge in [-0.25, -0.2) is 5.32 Å². The second-order valence-electron chi connectivity index (χ2n) is 3.61. The Morgan fingerprint density at radius 1 is 1.38 bits per heavy atom. The number of rotatable bonds is 3. The summed E-state index contributed by atoms with van der Waals surface area (Å²) in [6.07, 6.45) is -0.630. The molecule has 2 fully saturated rings. The zero-order valence-electron chi connectivity index (χ0n) is 7.06. The SMILES string of the molecule is OC1CCCC1(O)CNC1(O)OO1. The van der Waals surface area contributed by atoms with Gasteiger partial charge < -0.3 is 15.3 Å². The molecule has 2 aliphatic rings. The van der Waals surface area contributed by atoms with Crippen molar-refractivity contribution in [1.29, 1.82) is 0 Å². The molecule has 1 saturated carbocycles. The number of nitrogens with one attached hydrogen (secondary N) is 1. The van der Waals surface area contributed by atoms with Crippen molar-refractivity contribution in [3.8, 4) is 0 Å². The fraction of sp³-hybridized carbons (Fsp3) is 1.00. The highest BCUT2D eigenvalue weighted by molar-refractivity contribution is 4.94. The third kappa shape index (κ3) is 1.83. The molecule has 0 aromatic rings. The van der Waals surface area contributed by atoms with Crippen molar-refractivity contribution in [3.63, 3.8) is 0 Å². The maximum atomic E-state index is 9.82. The molecule has 1 saturated heterocycles. The van der Waals surface area contributed by atoms with Crippen LogP contribution in [0.3, 0.4) is 0 Å². The van der Waals surface area contributed by atoms with Gasteiger partial charge in [-0.2, -0.15) is 0 Å². The molecule has 6 nitrogen and oxygen atoms in total. The third-order valence-corrected chi connectivity index (χ3v) is 2.57. The molecule has 4 N–H and O–H groups in total. The van der Waals surface area contributed by atoms with E-state index >= 15 is 0 Å². The van der Waals surface area contributed by atoms with Crippen LogP contribution >= 0.6 is 0 Å². The van der Waals surface area contributed by atoms with Gasteiger partial charge in [0.05, 0.1) is 6.10 Å². The van der Waals surface area contributed by atoms with Crippen molar-refractivity contribution >= 4 is 0 Å². The molecule has 1 aliphatic heterocycles. The molecule has 2 rings (SSSR count). The predicted octanol–water partition coefficient (Wildman–Crippen LogP) is -1.58. The maximum absolute atomic E-state index is 9.82. The van der Waals surface area contributed by atoms with E-state index in [2.05, 4.69) is 15.1 Å². The van der Waals surface area contributed by atoms with E-state index in [4.69, 9.17) is 5.11 Å². The van der Waals surface area contributed by atoms with E-state index in [1.165, 1.54) is 0 Å². The van der Waals surface area contributed by atoms with Gasteiger partial charge in [0.1, 0.15) is 5.60 Å². The first kappa shape index (κ1) is 9.32. The Bertz CT molecular complexity index is 207. The number of aliphatic hydroxyl groups is 3.